The lowest BCUT2D eigenvalue weighted by Gasteiger charge is -1.97. The summed E-state index contributed by atoms with van der Waals surface area (Å²) in [5, 5.41) is 4.29. The number of nitrogens with zero attached hydrogens (tertiary/aromatic N) is 1. The number of hydrogen-bond donors (Lipinski definition) is 1. The highest BCUT2D eigenvalue weighted by Crippen LogP contribution is 2.24. The van der Waals surface area contributed by atoms with Crippen molar-refractivity contribution >= 4 is 23.6 Å². The quantitative estimate of drug-likeness (QED) is 0.665. The van der Waals surface area contributed by atoms with Gasteiger partial charge in [-0.15, -0.1) is 11.3 Å². The Kier molecular flexibility index (Phi) is 3.15. The molecule has 0 aliphatic rings. The molecule has 0 aromatic carbocycles. The summed E-state index contributed by atoms with van der Waals surface area (Å²) in [4.78, 5) is 34.7. The molecule has 2 heterocycles. The summed E-state index contributed by atoms with van der Waals surface area (Å²) in [6.07, 6.45) is 0.698. The molecule has 0 aliphatic heterocycles. The summed E-state index contributed by atoms with van der Waals surface area (Å²) in [7, 11) is 2.74. The van der Waals surface area contributed by atoms with Crippen LogP contribution in [0.1, 0.15) is 20.2 Å². The number of hydrogen-bond acceptors (Lipinski definition) is 5. The lowest BCUT2D eigenvalue weighted by molar-refractivity contribution is 0.0594. The zero-order valence-electron chi connectivity index (χ0n) is 9.72. The SMILES string of the molecule is COC(=O)c1[nH]n(C)c(=O)c1-c1csc(C=O)c1. The summed E-state index contributed by atoms with van der Waals surface area (Å²) in [5.41, 5.74) is 0.490. The molecule has 6 nitrogen and oxygen atoms in total. The minimum Gasteiger partial charge on any atom is -0.464 e. The number of rotatable bonds is 3. The van der Waals surface area contributed by atoms with Crippen molar-refractivity contribution in [2.75, 3.05) is 7.11 Å². The van der Waals surface area contributed by atoms with E-state index in [1.54, 1.807) is 11.4 Å². The molecule has 7 heteroatoms. The van der Waals surface area contributed by atoms with Crippen molar-refractivity contribution in [1.29, 1.82) is 0 Å². The summed E-state index contributed by atoms with van der Waals surface area (Å²) >= 11 is 1.21. The van der Waals surface area contributed by atoms with E-state index >= 15 is 0 Å². The number of aldehydes is 1. The first-order chi connectivity index (χ1) is 8.58. The maximum Gasteiger partial charge on any atom is 0.356 e. The number of aromatic nitrogens is 2. The third kappa shape index (κ3) is 1.88. The second-order valence-corrected chi connectivity index (χ2v) is 4.52. The number of aromatic amines is 1. The van der Waals surface area contributed by atoms with E-state index in [2.05, 4.69) is 9.84 Å². The average Bonchev–Trinajstić information content (AvgIpc) is 2.94. The predicted molar refractivity (Wildman–Crippen MR) is 66.1 cm³/mol. The van der Waals surface area contributed by atoms with Crippen molar-refractivity contribution in [3.8, 4) is 11.1 Å². The number of thiophene rings is 1. The van der Waals surface area contributed by atoms with Crippen LogP contribution in [0.4, 0.5) is 0 Å². The van der Waals surface area contributed by atoms with Gasteiger partial charge < -0.3 is 4.74 Å². The maximum atomic E-state index is 11.9. The molecular formula is C11H10N2O4S. The molecular weight excluding hydrogens is 256 g/mol. The van der Waals surface area contributed by atoms with E-state index in [4.69, 9.17) is 0 Å². The molecule has 0 saturated heterocycles. The summed E-state index contributed by atoms with van der Waals surface area (Å²) in [6, 6.07) is 1.56. The Morgan fingerprint density at radius 3 is 2.83 bits per heavy atom. The molecule has 2 aromatic heterocycles. The molecule has 0 saturated carbocycles. The van der Waals surface area contributed by atoms with Crippen LogP contribution in [0.2, 0.25) is 0 Å². The van der Waals surface area contributed by atoms with Crippen LogP contribution in [0.5, 0.6) is 0 Å². The topological polar surface area (TPSA) is 81.2 Å². The Balaban J connectivity index is 2.65. The first-order valence-electron chi connectivity index (χ1n) is 5.00. The Hall–Kier alpha value is -2.15. The molecule has 2 aromatic rings. The number of methoxy groups -OCH3 is 1. The number of carbonyl (C=O) groups excluding carboxylic acids is 2. The van der Waals surface area contributed by atoms with Gasteiger partial charge in [0.05, 0.1) is 17.6 Å². The number of ether oxygens (including phenoxy) is 1. The van der Waals surface area contributed by atoms with Crippen LogP contribution in [0.3, 0.4) is 0 Å². The van der Waals surface area contributed by atoms with Gasteiger partial charge in [0.15, 0.2) is 12.0 Å². The monoisotopic (exact) mass is 266 g/mol. The summed E-state index contributed by atoms with van der Waals surface area (Å²) in [5.74, 6) is -0.624. The third-order valence-corrected chi connectivity index (χ3v) is 3.32. The Labute approximate surface area is 106 Å². The van der Waals surface area contributed by atoms with Crippen LogP contribution in [-0.2, 0) is 11.8 Å². The molecule has 94 valence electrons. The van der Waals surface area contributed by atoms with Crippen molar-refractivity contribution in [2.45, 2.75) is 0 Å². The third-order valence-electron chi connectivity index (χ3n) is 2.46. The second-order valence-electron chi connectivity index (χ2n) is 3.57. The first-order valence-corrected chi connectivity index (χ1v) is 5.87. The standard InChI is InChI=1S/C11H10N2O4S/c1-13-10(15)8(9(12-13)11(16)17-2)6-3-7(4-14)18-5-6/h3-5,12H,1-2H3. The van der Waals surface area contributed by atoms with Crippen LogP contribution >= 0.6 is 11.3 Å². The molecule has 0 amide bonds. The molecule has 0 spiro atoms. The fourth-order valence-electron chi connectivity index (χ4n) is 1.61. The molecule has 0 aliphatic carbocycles. The predicted octanol–water partition coefficient (Wildman–Crippen LogP) is 1.04. The minimum absolute atomic E-state index is 0.0836. The molecule has 0 fully saturated rings. The van der Waals surface area contributed by atoms with Crippen LogP contribution in [0.25, 0.3) is 11.1 Å². The number of H-pyrrole nitrogens is 1. The van der Waals surface area contributed by atoms with Crippen molar-refractivity contribution in [3.63, 3.8) is 0 Å². The highest BCUT2D eigenvalue weighted by Gasteiger charge is 2.21. The van der Waals surface area contributed by atoms with Crippen molar-refractivity contribution in [2.24, 2.45) is 7.05 Å². The van der Waals surface area contributed by atoms with Gasteiger partial charge in [-0.3, -0.25) is 19.4 Å². The largest absolute Gasteiger partial charge is 0.464 e. The normalized spacial score (nSPS) is 10.3. The van der Waals surface area contributed by atoms with Gasteiger partial charge in [0.2, 0.25) is 0 Å². The lowest BCUT2D eigenvalue weighted by Crippen LogP contribution is -2.12. The van der Waals surface area contributed by atoms with Gasteiger partial charge in [0, 0.05) is 12.6 Å². The zero-order valence-corrected chi connectivity index (χ0v) is 10.5. The van der Waals surface area contributed by atoms with Gasteiger partial charge in [-0.25, -0.2) is 4.79 Å². The van der Waals surface area contributed by atoms with E-state index in [1.807, 2.05) is 0 Å². The molecule has 0 unspecified atom stereocenters. The molecule has 18 heavy (non-hydrogen) atoms. The molecule has 0 atom stereocenters. The number of aryl methyl sites for hydroxylation is 1. The lowest BCUT2D eigenvalue weighted by atomic mass is 10.1. The van der Waals surface area contributed by atoms with Gasteiger partial charge in [-0.05, 0) is 11.4 Å². The van der Waals surface area contributed by atoms with Gasteiger partial charge in [-0.1, -0.05) is 0 Å². The number of esters is 1. The number of carbonyl (C=O) groups is 2. The fraction of sp³-hybridized carbons (Fsp3) is 0.182. The summed E-state index contributed by atoms with van der Waals surface area (Å²) < 4.78 is 5.81. The Morgan fingerprint density at radius 2 is 2.28 bits per heavy atom. The van der Waals surface area contributed by atoms with E-state index < -0.39 is 5.97 Å². The van der Waals surface area contributed by atoms with E-state index in [9.17, 15) is 14.4 Å². The van der Waals surface area contributed by atoms with E-state index in [0.717, 1.165) is 0 Å². The molecule has 1 N–H and O–H groups in total. The minimum atomic E-state index is -0.624. The van der Waals surface area contributed by atoms with Crippen LogP contribution in [-0.4, -0.2) is 29.1 Å². The van der Waals surface area contributed by atoms with Crippen LogP contribution < -0.4 is 5.56 Å². The van der Waals surface area contributed by atoms with Crippen molar-refractivity contribution in [1.82, 2.24) is 9.78 Å². The smallest absolute Gasteiger partial charge is 0.356 e. The van der Waals surface area contributed by atoms with Gasteiger partial charge >= 0.3 is 5.97 Å². The highest BCUT2D eigenvalue weighted by molar-refractivity contribution is 7.12. The first kappa shape index (κ1) is 12.3. The number of nitrogens with one attached hydrogen (secondary N) is 1. The maximum absolute atomic E-state index is 11.9. The molecule has 2 rings (SSSR count). The summed E-state index contributed by atoms with van der Waals surface area (Å²) in [6.45, 7) is 0. The molecule has 0 bridgehead atoms. The Bertz CT molecular complexity index is 665. The van der Waals surface area contributed by atoms with Crippen LogP contribution in [0.15, 0.2) is 16.2 Å². The highest BCUT2D eigenvalue weighted by atomic mass is 32.1. The van der Waals surface area contributed by atoms with Gasteiger partial charge in [-0.2, -0.15) is 0 Å². The molecule has 0 radical (unpaired) electrons. The Morgan fingerprint density at radius 1 is 1.56 bits per heavy atom. The van der Waals surface area contributed by atoms with Gasteiger partial charge in [0.25, 0.3) is 5.56 Å². The average molecular weight is 266 g/mol. The zero-order chi connectivity index (χ0) is 13.3. The van der Waals surface area contributed by atoms with E-state index in [-0.39, 0.29) is 16.8 Å². The van der Waals surface area contributed by atoms with Gasteiger partial charge in [0.1, 0.15) is 0 Å². The second kappa shape index (κ2) is 4.61. The van der Waals surface area contributed by atoms with E-state index in [0.29, 0.717) is 16.7 Å². The van der Waals surface area contributed by atoms with Crippen molar-refractivity contribution in [3.05, 3.63) is 32.4 Å². The van der Waals surface area contributed by atoms with Crippen molar-refractivity contribution < 1.29 is 14.3 Å². The van der Waals surface area contributed by atoms with E-state index in [1.165, 1.54) is 30.2 Å². The fourth-order valence-corrected chi connectivity index (χ4v) is 2.31. The van der Waals surface area contributed by atoms with Crippen LogP contribution in [0, 0.1) is 0 Å².